The summed E-state index contributed by atoms with van der Waals surface area (Å²) >= 11 is 0. The van der Waals surface area contributed by atoms with Crippen LogP contribution in [0.15, 0.2) is 18.2 Å². The molecule has 1 fully saturated rings. The summed E-state index contributed by atoms with van der Waals surface area (Å²) in [5, 5.41) is 2.48. The van der Waals surface area contributed by atoms with Crippen molar-refractivity contribution in [2.45, 2.75) is 19.3 Å². The van der Waals surface area contributed by atoms with E-state index >= 15 is 0 Å². The maximum atomic E-state index is 13.5. The molecule has 0 spiro atoms. The van der Waals surface area contributed by atoms with Gasteiger partial charge >= 0.3 is 0 Å². The highest BCUT2D eigenvalue weighted by atomic mass is 35.5. The van der Waals surface area contributed by atoms with E-state index in [1.54, 1.807) is 0 Å². The van der Waals surface area contributed by atoms with Crippen molar-refractivity contribution in [2.24, 2.45) is 11.7 Å². The van der Waals surface area contributed by atoms with Gasteiger partial charge in [-0.1, -0.05) is 0 Å². The van der Waals surface area contributed by atoms with E-state index in [1.807, 2.05) is 0 Å². The normalized spacial score (nSPS) is 18.6. The van der Waals surface area contributed by atoms with E-state index in [0.29, 0.717) is 12.5 Å². The van der Waals surface area contributed by atoms with Crippen molar-refractivity contribution < 1.29 is 13.6 Å². The number of benzene rings is 1. The van der Waals surface area contributed by atoms with Gasteiger partial charge in [0.2, 0.25) is 5.91 Å². The fourth-order valence-corrected chi connectivity index (χ4v) is 2.75. The summed E-state index contributed by atoms with van der Waals surface area (Å²) in [6, 6.07) is 3.11. The van der Waals surface area contributed by atoms with Crippen molar-refractivity contribution in [2.75, 3.05) is 31.5 Å². The maximum absolute atomic E-state index is 13.5. The fourth-order valence-electron chi connectivity index (χ4n) is 2.75. The molecule has 22 heavy (non-hydrogen) atoms. The number of piperidine rings is 1. The number of amides is 1. The van der Waals surface area contributed by atoms with Crippen LogP contribution in [-0.2, 0) is 4.79 Å². The van der Waals surface area contributed by atoms with Gasteiger partial charge in [0.15, 0.2) is 0 Å². The molecule has 0 aliphatic carbocycles. The molecule has 124 valence electrons. The molecule has 0 radical (unpaired) electrons. The highest BCUT2D eigenvalue weighted by molar-refractivity contribution is 5.92. The summed E-state index contributed by atoms with van der Waals surface area (Å²) < 4.78 is 26.3. The molecule has 0 aromatic heterocycles. The lowest BCUT2D eigenvalue weighted by Crippen LogP contribution is -2.41. The molecule has 4 nitrogen and oxygen atoms in total. The van der Waals surface area contributed by atoms with Crippen LogP contribution in [0.2, 0.25) is 0 Å². The number of likely N-dealkylation sites (tertiary alicyclic amines) is 1. The SMILES string of the molecule is Cl.NCCC1CCCN(CC(=O)Nc2ccc(F)cc2F)C1. The number of hydrogen-bond acceptors (Lipinski definition) is 3. The van der Waals surface area contributed by atoms with E-state index in [0.717, 1.165) is 44.5 Å². The third-order valence-electron chi connectivity index (χ3n) is 3.75. The molecule has 1 atom stereocenters. The van der Waals surface area contributed by atoms with Crippen molar-refractivity contribution in [1.29, 1.82) is 0 Å². The molecule has 1 amide bonds. The lowest BCUT2D eigenvalue weighted by molar-refractivity contribution is -0.117. The Morgan fingerprint density at radius 1 is 1.41 bits per heavy atom. The predicted octanol–water partition coefficient (Wildman–Crippen LogP) is 2.39. The van der Waals surface area contributed by atoms with Gasteiger partial charge in [-0.05, 0) is 50.4 Å². The van der Waals surface area contributed by atoms with Gasteiger partial charge in [-0.25, -0.2) is 8.78 Å². The van der Waals surface area contributed by atoms with Crippen molar-refractivity contribution >= 4 is 24.0 Å². The van der Waals surface area contributed by atoms with Crippen LogP contribution >= 0.6 is 12.4 Å². The first-order chi connectivity index (χ1) is 10.1. The number of anilines is 1. The van der Waals surface area contributed by atoms with Gasteiger partial charge < -0.3 is 11.1 Å². The third kappa shape index (κ3) is 5.51. The minimum Gasteiger partial charge on any atom is -0.330 e. The Labute approximate surface area is 135 Å². The van der Waals surface area contributed by atoms with Crippen molar-refractivity contribution in [3.8, 4) is 0 Å². The van der Waals surface area contributed by atoms with E-state index in [1.165, 1.54) is 6.07 Å². The zero-order valence-corrected chi connectivity index (χ0v) is 13.2. The number of nitrogens with one attached hydrogen (secondary N) is 1. The Morgan fingerprint density at radius 2 is 2.18 bits per heavy atom. The van der Waals surface area contributed by atoms with Gasteiger partial charge in [-0.15, -0.1) is 12.4 Å². The number of nitrogens with zero attached hydrogens (tertiary/aromatic N) is 1. The minimum atomic E-state index is -0.761. The Hall–Kier alpha value is -1.24. The van der Waals surface area contributed by atoms with E-state index in [2.05, 4.69) is 10.2 Å². The summed E-state index contributed by atoms with van der Waals surface area (Å²) in [7, 11) is 0. The van der Waals surface area contributed by atoms with Gasteiger partial charge in [0.1, 0.15) is 11.6 Å². The number of halogens is 3. The molecule has 1 aromatic carbocycles. The van der Waals surface area contributed by atoms with E-state index < -0.39 is 11.6 Å². The average molecular weight is 334 g/mol. The highest BCUT2D eigenvalue weighted by Crippen LogP contribution is 2.19. The van der Waals surface area contributed by atoms with Crippen LogP contribution in [0.5, 0.6) is 0 Å². The first-order valence-electron chi connectivity index (χ1n) is 7.26. The van der Waals surface area contributed by atoms with E-state index in [-0.39, 0.29) is 30.5 Å². The number of nitrogens with two attached hydrogens (primary N) is 1. The second-order valence-corrected chi connectivity index (χ2v) is 5.49. The van der Waals surface area contributed by atoms with Crippen molar-refractivity contribution in [3.05, 3.63) is 29.8 Å². The second-order valence-electron chi connectivity index (χ2n) is 5.49. The molecular weight excluding hydrogens is 312 g/mol. The second kappa shape index (κ2) is 9.02. The molecule has 0 bridgehead atoms. The number of carbonyl (C=O) groups excluding carboxylic acids is 1. The third-order valence-corrected chi connectivity index (χ3v) is 3.75. The molecule has 1 aliphatic heterocycles. The van der Waals surface area contributed by atoms with Crippen LogP contribution in [-0.4, -0.2) is 37.0 Å². The lowest BCUT2D eigenvalue weighted by Gasteiger charge is -2.32. The molecule has 1 unspecified atom stereocenters. The summed E-state index contributed by atoms with van der Waals surface area (Å²) in [4.78, 5) is 14.0. The van der Waals surface area contributed by atoms with Crippen LogP contribution in [0.3, 0.4) is 0 Å². The Bertz CT molecular complexity index is 500. The number of carbonyl (C=O) groups is 1. The summed E-state index contributed by atoms with van der Waals surface area (Å²) in [6.07, 6.45) is 3.15. The molecule has 1 aliphatic rings. The zero-order chi connectivity index (χ0) is 15.2. The molecule has 7 heteroatoms. The predicted molar refractivity (Wildman–Crippen MR) is 85.1 cm³/mol. The summed E-state index contributed by atoms with van der Waals surface area (Å²) in [5.74, 6) is -1.18. The van der Waals surface area contributed by atoms with Crippen LogP contribution in [0, 0.1) is 17.6 Å². The van der Waals surface area contributed by atoms with Crippen LogP contribution in [0.25, 0.3) is 0 Å². The van der Waals surface area contributed by atoms with Gasteiger partial charge in [0.25, 0.3) is 0 Å². The number of rotatable bonds is 5. The molecular formula is C15H22ClF2N3O. The minimum absolute atomic E-state index is 0. The Balaban J connectivity index is 0.00000242. The smallest absolute Gasteiger partial charge is 0.238 e. The highest BCUT2D eigenvalue weighted by Gasteiger charge is 2.21. The quantitative estimate of drug-likeness (QED) is 0.870. The molecule has 1 heterocycles. The standard InChI is InChI=1S/C15H21F2N3O.ClH/c16-12-3-4-14(13(17)8-12)19-15(21)10-20-7-1-2-11(9-20)5-6-18;/h3-4,8,11H,1-2,5-7,9-10,18H2,(H,19,21);1H. The Kier molecular flexibility index (Phi) is 7.72. The van der Waals surface area contributed by atoms with Gasteiger partial charge in [0, 0.05) is 12.6 Å². The molecule has 2 rings (SSSR count). The van der Waals surface area contributed by atoms with Crippen LogP contribution < -0.4 is 11.1 Å². The van der Waals surface area contributed by atoms with Crippen molar-refractivity contribution in [1.82, 2.24) is 4.90 Å². The monoisotopic (exact) mass is 333 g/mol. The average Bonchev–Trinajstić information content (AvgIpc) is 2.43. The molecule has 0 saturated carbocycles. The summed E-state index contributed by atoms with van der Waals surface area (Å²) in [6.45, 7) is 2.58. The lowest BCUT2D eigenvalue weighted by atomic mass is 9.95. The van der Waals surface area contributed by atoms with Crippen LogP contribution in [0.4, 0.5) is 14.5 Å². The topological polar surface area (TPSA) is 58.4 Å². The van der Waals surface area contributed by atoms with E-state index in [9.17, 15) is 13.6 Å². The van der Waals surface area contributed by atoms with Crippen LogP contribution in [0.1, 0.15) is 19.3 Å². The van der Waals surface area contributed by atoms with Gasteiger partial charge in [0.05, 0.1) is 12.2 Å². The maximum Gasteiger partial charge on any atom is 0.238 e. The molecule has 1 aromatic rings. The molecule has 3 N–H and O–H groups in total. The first kappa shape index (κ1) is 18.8. The largest absolute Gasteiger partial charge is 0.330 e. The zero-order valence-electron chi connectivity index (χ0n) is 12.4. The van der Waals surface area contributed by atoms with E-state index in [4.69, 9.17) is 5.73 Å². The van der Waals surface area contributed by atoms with Gasteiger partial charge in [-0.2, -0.15) is 0 Å². The van der Waals surface area contributed by atoms with Crippen molar-refractivity contribution in [3.63, 3.8) is 0 Å². The fraction of sp³-hybridized carbons (Fsp3) is 0.533. The number of hydrogen-bond donors (Lipinski definition) is 2. The first-order valence-corrected chi connectivity index (χ1v) is 7.26. The molecule has 1 saturated heterocycles. The summed E-state index contributed by atoms with van der Waals surface area (Å²) in [5.41, 5.74) is 5.58. The van der Waals surface area contributed by atoms with Gasteiger partial charge in [-0.3, -0.25) is 9.69 Å². The Morgan fingerprint density at radius 3 is 2.86 bits per heavy atom.